The van der Waals surface area contributed by atoms with Crippen LogP contribution in [0, 0.1) is 13.7 Å². The van der Waals surface area contributed by atoms with Gasteiger partial charge in [0.1, 0.15) is 6.33 Å². The van der Waals surface area contributed by atoms with Crippen molar-refractivity contribution in [1.82, 2.24) is 14.8 Å². The largest absolute Gasteiger partial charge is 0.378 e. The third-order valence-corrected chi connectivity index (χ3v) is 3.11. The van der Waals surface area contributed by atoms with Gasteiger partial charge in [-0.1, -0.05) is 0 Å². The summed E-state index contributed by atoms with van der Waals surface area (Å²) in [6.45, 7) is 0.481. The van der Waals surface area contributed by atoms with E-state index in [-0.39, 0.29) is 5.69 Å². The van der Waals surface area contributed by atoms with Gasteiger partial charge < -0.3 is 5.32 Å². The fraction of sp³-hybridized carbons (Fsp3) is 0.200. The van der Waals surface area contributed by atoms with E-state index in [4.69, 9.17) is 0 Å². The Labute approximate surface area is 117 Å². The Morgan fingerprint density at radius 3 is 2.89 bits per heavy atom. The summed E-state index contributed by atoms with van der Waals surface area (Å²) in [5.74, 6) is 0.672. The second-order valence-corrected chi connectivity index (χ2v) is 4.77. The molecule has 94 valence electrons. The molecular weight excluding hydrogens is 349 g/mol. The average molecular weight is 359 g/mol. The number of nitro groups is 1. The highest BCUT2D eigenvalue weighted by Gasteiger charge is 2.11. The zero-order chi connectivity index (χ0) is 13.1. The van der Waals surface area contributed by atoms with E-state index in [1.807, 2.05) is 22.6 Å². The first-order valence-electron chi connectivity index (χ1n) is 5.08. The van der Waals surface area contributed by atoms with Crippen molar-refractivity contribution >= 4 is 34.0 Å². The van der Waals surface area contributed by atoms with Crippen molar-refractivity contribution in [1.29, 1.82) is 0 Å². The summed E-state index contributed by atoms with van der Waals surface area (Å²) in [7, 11) is 1.80. The Bertz CT molecular complexity index is 583. The number of nitro benzene ring substituents is 1. The van der Waals surface area contributed by atoms with Crippen LogP contribution in [0.1, 0.15) is 5.82 Å². The summed E-state index contributed by atoms with van der Waals surface area (Å²) in [6.07, 6.45) is 1.62. The Morgan fingerprint density at radius 2 is 2.33 bits per heavy atom. The van der Waals surface area contributed by atoms with Crippen LogP contribution in [0.3, 0.4) is 0 Å². The molecule has 0 atom stereocenters. The van der Waals surface area contributed by atoms with Crippen LogP contribution in [0.5, 0.6) is 0 Å². The average Bonchev–Trinajstić information content (AvgIpc) is 2.72. The van der Waals surface area contributed by atoms with Gasteiger partial charge in [0.25, 0.3) is 5.69 Å². The van der Waals surface area contributed by atoms with Crippen LogP contribution in [-0.4, -0.2) is 19.7 Å². The number of halogens is 1. The summed E-state index contributed by atoms with van der Waals surface area (Å²) in [4.78, 5) is 14.4. The molecule has 0 saturated carbocycles. The second kappa shape index (κ2) is 5.29. The minimum atomic E-state index is -0.397. The molecular formula is C10H10IN5O2. The van der Waals surface area contributed by atoms with E-state index in [1.54, 1.807) is 30.2 Å². The van der Waals surface area contributed by atoms with Gasteiger partial charge in [0.05, 0.1) is 15.0 Å². The topological polar surface area (TPSA) is 85.9 Å². The SMILES string of the molecule is Cn1cnc(CNc2ccc([N+](=O)[O-])c(I)c2)n1. The molecule has 0 unspecified atom stereocenters. The van der Waals surface area contributed by atoms with Gasteiger partial charge >= 0.3 is 0 Å². The van der Waals surface area contributed by atoms with E-state index >= 15 is 0 Å². The lowest BCUT2D eigenvalue weighted by molar-refractivity contribution is -0.385. The number of rotatable bonds is 4. The zero-order valence-corrected chi connectivity index (χ0v) is 11.7. The van der Waals surface area contributed by atoms with Gasteiger partial charge in [-0.2, -0.15) is 5.10 Å². The number of hydrogen-bond acceptors (Lipinski definition) is 5. The van der Waals surface area contributed by atoms with Crippen LogP contribution in [0.15, 0.2) is 24.5 Å². The zero-order valence-electron chi connectivity index (χ0n) is 9.50. The molecule has 2 rings (SSSR count). The van der Waals surface area contributed by atoms with E-state index in [9.17, 15) is 10.1 Å². The minimum Gasteiger partial charge on any atom is -0.378 e. The van der Waals surface area contributed by atoms with Crippen molar-refractivity contribution in [3.63, 3.8) is 0 Å². The molecule has 0 fully saturated rings. The Morgan fingerprint density at radius 1 is 1.56 bits per heavy atom. The second-order valence-electron chi connectivity index (χ2n) is 3.61. The van der Waals surface area contributed by atoms with Crippen LogP contribution in [0.4, 0.5) is 11.4 Å². The molecule has 0 aliphatic rings. The van der Waals surface area contributed by atoms with Gasteiger partial charge in [0, 0.05) is 18.8 Å². The van der Waals surface area contributed by atoms with E-state index in [1.165, 1.54) is 6.07 Å². The number of aromatic nitrogens is 3. The lowest BCUT2D eigenvalue weighted by Gasteiger charge is -2.04. The maximum absolute atomic E-state index is 10.7. The summed E-state index contributed by atoms with van der Waals surface area (Å²) < 4.78 is 2.22. The Kier molecular flexibility index (Phi) is 3.75. The first kappa shape index (κ1) is 12.7. The van der Waals surface area contributed by atoms with Gasteiger partial charge in [-0.3, -0.25) is 14.8 Å². The molecule has 0 saturated heterocycles. The summed E-state index contributed by atoms with van der Waals surface area (Å²) in [5.41, 5.74) is 0.912. The first-order chi connectivity index (χ1) is 8.56. The molecule has 1 aromatic carbocycles. The standard InChI is InChI=1S/C10H10IN5O2/c1-15-6-13-10(14-15)5-12-7-2-3-9(16(17)18)8(11)4-7/h2-4,6,12H,5H2,1H3. The molecule has 0 aliphatic heterocycles. The number of hydrogen-bond donors (Lipinski definition) is 1. The van der Waals surface area contributed by atoms with E-state index < -0.39 is 4.92 Å². The Hall–Kier alpha value is -1.71. The molecule has 0 radical (unpaired) electrons. The molecule has 1 N–H and O–H groups in total. The van der Waals surface area contributed by atoms with Crippen molar-refractivity contribution in [2.75, 3.05) is 5.32 Å². The Balaban J connectivity index is 2.06. The number of anilines is 1. The summed E-state index contributed by atoms with van der Waals surface area (Å²) >= 11 is 1.94. The number of nitrogens with zero attached hydrogens (tertiary/aromatic N) is 4. The van der Waals surface area contributed by atoms with E-state index in [0.29, 0.717) is 15.9 Å². The monoisotopic (exact) mass is 359 g/mol. The van der Waals surface area contributed by atoms with Gasteiger partial charge in [-0.15, -0.1) is 0 Å². The molecule has 0 spiro atoms. The molecule has 2 aromatic rings. The van der Waals surface area contributed by atoms with E-state index in [0.717, 1.165) is 5.69 Å². The highest BCUT2D eigenvalue weighted by atomic mass is 127. The smallest absolute Gasteiger partial charge is 0.282 e. The van der Waals surface area contributed by atoms with Crippen molar-refractivity contribution in [2.24, 2.45) is 7.05 Å². The van der Waals surface area contributed by atoms with Gasteiger partial charge in [-0.05, 0) is 34.7 Å². The normalized spacial score (nSPS) is 10.3. The lowest BCUT2D eigenvalue weighted by Crippen LogP contribution is -2.03. The van der Waals surface area contributed by atoms with Gasteiger partial charge in [0.15, 0.2) is 5.82 Å². The molecule has 0 amide bonds. The van der Waals surface area contributed by atoms with E-state index in [2.05, 4.69) is 15.4 Å². The number of benzene rings is 1. The summed E-state index contributed by atoms with van der Waals surface area (Å²) in [5, 5.41) is 17.9. The highest BCUT2D eigenvalue weighted by Crippen LogP contribution is 2.24. The van der Waals surface area contributed by atoms with Gasteiger partial charge in [-0.25, -0.2) is 4.98 Å². The van der Waals surface area contributed by atoms with Gasteiger partial charge in [0.2, 0.25) is 0 Å². The van der Waals surface area contributed by atoms with Crippen LogP contribution >= 0.6 is 22.6 Å². The van der Waals surface area contributed by atoms with Crippen LogP contribution in [0.2, 0.25) is 0 Å². The predicted octanol–water partition coefficient (Wildman–Crippen LogP) is 1.94. The lowest BCUT2D eigenvalue weighted by atomic mass is 10.3. The van der Waals surface area contributed by atoms with Crippen molar-refractivity contribution in [3.8, 4) is 0 Å². The predicted molar refractivity (Wildman–Crippen MR) is 74.1 cm³/mol. The van der Waals surface area contributed by atoms with Crippen LogP contribution in [0.25, 0.3) is 0 Å². The van der Waals surface area contributed by atoms with Crippen LogP contribution < -0.4 is 5.32 Å². The molecule has 1 aromatic heterocycles. The molecule has 0 bridgehead atoms. The highest BCUT2D eigenvalue weighted by molar-refractivity contribution is 14.1. The minimum absolute atomic E-state index is 0.108. The van der Waals surface area contributed by atoms with Crippen molar-refractivity contribution in [2.45, 2.75) is 6.54 Å². The number of aryl methyl sites for hydroxylation is 1. The van der Waals surface area contributed by atoms with Crippen LogP contribution in [-0.2, 0) is 13.6 Å². The molecule has 8 heteroatoms. The molecule has 0 aliphatic carbocycles. The number of nitrogens with one attached hydrogen (secondary N) is 1. The first-order valence-corrected chi connectivity index (χ1v) is 6.16. The third kappa shape index (κ3) is 2.94. The quantitative estimate of drug-likeness (QED) is 0.512. The fourth-order valence-electron chi connectivity index (χ4n) is 1.41. The molecule has 1 heterocycles. The van der Waals surface area contributed by atoms with Crippen molar-refractivity contribution < 1.29 is 4.92 Å². The van der Waals surface area contributed by atoms with Crippen molar-refractivity contribution in [3.05, 3.63) is 44.0 Å². The molecule has 18 heavy (non-hydrogen) atoms. The maximum atomic E-state index is 10.7. The fourth-order valence-corrected chi connectivity index (χ4v) is 2.12. The summed E-state index contributed by atoms with van der Waals surface area (Å²) in [6, 6.07) is 4.88. The molecule has 7 nitrogen and oxygen atoms in total. The maximum Gasteiger partial charge on any atom is 0.282 e. The third-order valence-electron chi connectivity index (χ3n) is 2.24.